The van der Waals surface area contributed by atoms with Gasteiger partial charge in [-0.15, -0.1) is 0 Å². The summed E-state index contributed by atoms with van der Waals surface area (Å²) in [5, 5.41) is 11.1. The molecule has 1 amide bonds. The number of hydrogen-bond donors (Lipinski definition) is 1. The van der Waals surface area contributed by atoms with Gasteiger partial charge in [0.05, 0.1) is 30.8 Å². The van der Waals surface area contributed by atoms with Gasteiger partial charge in [-0.3, -0.25) is 14.8 Å². The minimum Gasteiger partial charge on any atom is -0.384 e. The first-order valence-corrected chi connectivity index (χ1v) is 9.16. The van der Waals surface area contributed by atoms with Crippen molar-refractivity contribution in [2.45, 2.75) is 18.4 Å². The van der Waals surface area contributed by atoms with Gasteiger partial charge in [-0.25, -0.2) is 0 Å². The van der Waals surface area contributed by atoms with Crippen LogP contribution in [0.25, 0.3) is 11.0 Å². The first-order valence-electron chi connectivity index (χ1n) is 9.16. The zero-order chi connectivity index (χ0) is 18.0. The minimum absolute atomic E-state index is 0.108. The molecule has 7 heteroatoms. The van der Waals surface area contributed by atoms with Crippen LogP contribution >= 0.6 is 0 Å². The first kappa shape index (κ1) is 17.3. The highest BCUT2D eigenvalue weighted by Gasteiger charge is 2.36. The topological polar surface area (TPSA) is 78.8 Å². The Labute approximate surface area is 152 Å². The Hall–Kier alpha value is -2.09. The van der Waals surface area contributed by atoms with E-state index in [1.54, 1.807) is 35.5 Å². The minimum atomic E-state index is -1.03. The number of benzene rings is 1. The van der Waals surface area contributed by atoms with Gasteiger partial charge in [0.2, 0.25) is 0 Å². The highest BCUT2D eigenvalue weighted by Crippen LogP contribution is 2.20. The molecule has 0 bridgehead atoms. The van der Waals surface area contributed by atoms with Crippen molar-refractivity contribution in [1.29, 1.82) is 0 Å². The van der Waals surface area contributed by atoms with Crippen molar-refractivity contribution in [2.24, 2.45) is 0 Å². The average molecular weight is 356 g/mol. The van der Waals surface area contributed by atoms with Gasteiger partial charge in [0.15, 0.2) is 0 Å². The highest BCUT2D eigenvalue weighted by atomic mass is 16.5. The molecule has 1 aromatic heterocycles. The molecule has 2 aliphatic rings. The number of β-amino-alcohol motifs (C(OH)–C–C–N with tert-alkyl or cyclic N) is 1. The zero-order valence-electron chi connectivity index (χ0n) is 14.8. The Morgan fingerprint density at radius 1 is 1.15 bits per heavy atom. The molecule has 2 aliphatic heterocycles. The molecule has 2 fully saturated rings. The van der Waals surface area contributed by atoms with Crippen LogP contribution in [-0.2, 0) is 4.74 Å². The summed E-state index contributed by atoms with van der Waals surface area (Å²) in [5.74, 6) is -0.108. The molecular weight excluding hydrogens is 332 g/mol. The second-order valence-corrected chi connectivity index (χ2v) is 7.25. The molecule has 1 atom stereocenters. The number of fused-ring (bicyclic) bond motifs is 1. The molecule has 3 heterocycles. The number of carbonyl (C=O) groups excluding carboxylic acids is 1. The molecule has 1 aromatic carbocycles. The predicted octanol–water partition coefficient (Wildman–Crippen LogP) is 0.929. The van der Waals surface area contributed by atoms with Gasteiger partial charge in [-0.1, -0.05) is 0 Å². The molecule has 2 aromatic rings. The Morgan fingerprint density at radius 2 is 1.92 bits per heavy atom. The van der Waals surface area contributed by atoms with Gasteiger partial charge >= 0.3 is 0 Å². The van der Waals surface area contributed by atoms with E-state index in [1.165, 1.54) is 0 Å². The van der Waals surface area contributed by atoms with Crippen molar-refractivity contribution in [3.8, 4) is 0 Å². The summed E-state index contributed by atoms with van der Waals surface area (Å²) in [7, 11) is 0. The maximum absolute atomic E-state index is 13.0. The van der Waals surface area contributed by atoms with E-state index in [-0.39, 0.29) is 19.1 Å². The fourth-order valence-corrected chi connectivity index (χ4v) is 3.82. The van der Waals surface area contributed by atoms with Crippen LogP contribution in [0.5, 0.6) is 0 Å². The van der Waals surface area contributed by atoms with Crippen LogP contribution in [0.3, 0.4) is 0 Å². The molecule has 0 aliphatic carbocycles. The third kappa shape index (κ3) is 3.70. The maximum atomic E-state index is 13.0. The molecule has 0 unspecified atom stereocenters. The number of aliphatic hydroxyl groups is 1. The van der Waals surface area contributed by atoms with E-state index in [0.29, 0.717) is 30.8 Å². The van der Waals surface area contributed by atoms with Crippen LogP contribution in [-0.4, -0.2) is 82.3 Å². The van der Waals surface area contributed by atoms with Crippen LogP contribution < -0.4 is 0 Å². The van der Waals surface area contributed by atoms with Gasteiger partial charge in [-0.05, 0) is 44.1 Å². The molecule has 4 rings (SSSR count). The van der Waals surface area contributed by atoms with Crippen molar-refractivity contribution < 1.29 is 14.6 Å². The summed E-state index contributed by atoms with van der Waals surface area (Å²) in [5.41, 5.74) is 0.974. The lowest BCUT2D eigenvalue weighted by atomic mass is 10.0. The van der Waals surface area contributed by atoms with Crippen molar-refractivity contribution >= 4 is 16.9 Å². The van der Waals surface area contributed by atoms with Crippen LogP contribution in [0.15, 0.2) is 30.6 Å². The Morgan fingerprint density at radius 3 is 2.73 bits per heavy atom. The first-order chi connectivity index (χ1) is 12.6. The lowest BCUT2D eigenvalue weighted by molar-refractivity contribution is -0.0524. The number of hydrogen-bond acceptors (Lipinski definition) is 6. The summed E-state index contributed by atoms with van der Waals surface area (Å²) in [6, 6.07) is 5.33. The highest BCUT2D eigenvalue weighted by molar-refractivity contribution is 5.97. The standard InChI is InChI=1S/C19H24N4O3/c24-18(15-3-4-16-17(11-15)21-6-5-20-16)23-9-10-26-14-19(25,13-23)12-22-7-1-2-8-22/h3-6,11,25H,1-2,7-10,12-14H2/t19-/m1/s1. The predicted molar refractivity (Wildman–Crippen MR) is 96.9 cm³/mol. The maximum Gasteiger partial charge on any atom is 0.254 e. The molecular formula is C19H24N4O3. The van der Waals surface area contributed by atoms with Gasteiger partial charge in [0.1, 0.15) is 5.60 Å². The fourth-order valence-electron chi connectivity index (χ4n) is 3.82. The van der Waals surface area contributed by atoms with E-state index in [0.717, 1.165) is 31.4 Å². The SMILES string of the molecule is O=C(c1ccc2nccnc2c1)N1CCOC[C@@](O)(CN2CCCC2)C1. The number of carbonyl (C=O) groups is 1. The van der Waals surface area contributed by atoms with Crippen LogP contribution in [0, 0.1) is 0 Å². The Bertz CT molecular complexity index is 793. The quantitative estimate of drug-likeness (QED) is 0.881. The average Bonchev–Trinajstić information content (AvgIpc) is 3.08. The molecule has 0 saturated carbocycles. The number of nitrogens with zero attached hydrogens (tertiary/aromatic N) is 4. The molecule has 1 N–H and O–H groups in total. The zero-order valence-corrected chi connectivity index (χ0v) is 14.8. The lowest BCUT2D eigenvalue weighted by Crippen LogP contribution is -2.53. The number of rotatable bonds is 3. The van der Waals surface area contributed by atoms with E-state index in [9.17, 15) is 9.90 Å². The van der Waals surface area contributed by atoms with E-state index in [4.69, 9.17) is 4.74 Å². The van der Waals surface area contributed by atoms with E-state index >= 15 is 0 Å². The molecule has 2 saturated heterocycles. The van der Waals surface area contributed by atoms with Gasteiger partial charge in [-0.2, -0.15) is 0 Å². The molecule has 0 radical (unpaired) electrons. The smallest absolute Gasteiger partial charge is 0.254 e. The van der Waals surface area contributed by atoms with Gasteiger partial charge in [0.25, 0.3) is 5.91 Å². The van der Waals surface area contributed by atoms with Crippen molar-refractivity contribution in [3.63, 3.8) is 0 Å². The summed E-state index contributed by atoms with van der Waals surface area (Å²) in [4.78, 5) is 25.5. The Kier molecular flexibility index (Phi) is 4.84. The summed E-state index contributed by atoms with van der Waals surface area (Å²) < 4.78 is 5.61. The third-order valence-corrected chi connectivity index (χ3v) is 5.08. The Balaban J connectivity index is 1.53. The van der Waals surface area contributed by atoms with Gasteiger partial charge < -0.3 is 19.6 Å². The molecule has 26 heavy (non-hydrogen) atoms. The third-order valence-electron chi connectivity index (χ3n) is 5.08. The number of aromatic nitrogens is 2. The number of amides is 1. The number of likely N-dealkylation sites (tertiary alicyclic amines) is 1. The summed E-state index contributed by atoms with van der Waals surface area (Å²) in [6.45, 7) is 3.98. The normalized spacial score (nSPS) is 24.7. The van der Waals surface area contributed by atoms with E-state index in [1.807, 2.05) is 0 Å². The number of ether oxygens (including phenoxy) is 1. The molecule has 0 spiro atoms. The van der Waals surface area contributed by atoms with Crippen LogP contribution in [0.1, 0.15) is 23.2 Å². The monoisotopic (exact) mass is 356 g/mol. The van der Waals surface area contributed by atoms with Crippen molar-refractivity contribution in [3.05, 3.63) is 36.2 Å². The second-order valence-electron chi connectivity index (χ2n) is 7.25. The fraction of sp³-hybridized carbons (Fsp3) is 0.526. The van der Waals surface area contributed by atoms with E-state index < -0.39 is 5.60 Å². The van der Waals surface area contributed by atoms with Crippen LogP contribution in [0.4, 0.5) is 0 Å². The van der Waals surface area contributed by atoms with Crippen LogP contribution in [0.2, 0.25) is 0 Å². The lowest BCUT2D eigenvalue weighted by Gasteiger charge is -2.34. The second kappa shape index (κ2) is 7.26. The largest absolute Gasteiger partial charge is 0.384 e. The summed E-state index contributed by atoms with van der Waals surface area (Å²) >= 11 is 0. The summed E-state index contributed by atoms with van der Waals surface area (Å²) in [6.07, 6.45) is 5.58. The van der Waals surface area contributed by atoms with Crippen molar-refractivity contribution in [1.82, 2.24) is 19.8 Å². The van der Waals surface area contributed by atoms with E-state index in [2.05, 4.69) is 14.9 Å². The molecule has 138 valence electrons. The van der Waals surface area contributed by atoms with Gasteiger partial charge in [0, 0.05) is 31.0 Å². The molecule has 7 nitrogen and oxygen atoms in total. The van der Waals surface area contributed by atoms with Crippen molar-refractivity contribution in [2.75, 3.05) is 45.9 Å².